The van der Waals surface area contributed by atoms with Crippen LogP contribution in [0.5, 0.6) is 0 Å². The van der Waals surface area contributed by atoms with Crippen molar-refractivity contribution in [1.29, 1.82) is 0 Å². The lowest BCUT2D eigenvalue weighted by molar-refractivity contribution is 0.704. The Hall–Kier alpha value is -1.84. The standard InChI is InChI=1S/C15H20N4/c1-2-4-6-12(5-3-1)7-9-16-14-13-8-10-17-15(13)19-11-18-14/h5,8,10-11H,1-4,6-7,9H2,(H2,16,17,18,19). The molecule has 0 aromatic carbocycles. The Morgan fingerprint density at radius 2 is 2.21 bits per heavy atom. The number of fused-ring (bicyclic) bond motifs is 1. The summed E-state index contributed by atoms with van der Waals surface area (Å²) in [5.41, 5.74) is 2.50. The Kier molecular flexibility index (Phi) is 3.77. The molecule has 0 saturated heterocycles. The number of rotatable bonds is 4. The molecule has 4 heteroatoms. The van der Waals surface area contributed by atoms with Crippen molar-refractivity contribution in [1.82, 2.24) is 15.0 Å². The van der Waals surface area contributed by atoms with Crippen molar-refractivity contribution >= 4 is 16.9 Å². The van der Waals surface area contributed by atoms with Gasteiger partial charge in [-0.25, -0.2) is 9.97 Å². The Morgan fingerprint density at radius 3 is 3.21 bits per heavy atom. The number of hydrogen-bond donors (Lipinski definition) is 2. The molecular formula is C15H20N4. The van der Waals surface area contributed by atoms with Crippen molar-refractivity contribution in [2.75, 3.05) is 11.9 Å². The van der Waals surface area contributed by atoms with E-state index < -0.39 is 0 Å². The summed E-state index contributed by atoms with van der Waals surface area (Å²) in [5.74, 6) is 0.931. The van der Waals surface area contributed by atoms with Gasteiger partial charge in [0, 0.05) is 12.7 Å². The predicted molar refractivity (Wildman–Crippen MR) is 78.2 cm³/mol. The van der Waals surface area contributed by atoms with Crippen LogP contribution in [0, 0.1) is 0 Å². The number of anilines is 1. The van der Waals surface area contributed by atoms with Gasteiger partial charge in [-0.3, -0.25) is 0 Å². The summed E-state index contributed by atoms with van der Waals surface area (Å²) in [6, 6.07) is 2.02. The number of H-pyrrole nitrogens is 1. The van der Waals surface area contributed by atoms with E-state index in [1.54, 1.807) is 11.9 Å². The minimum absolute atomic E-state index is 0.895. The first-order chi connectivity index (χ1) is 9.43. The lowest BCUT2D eigenvalue weighted by Crippen LogP contribution is -2.05. The molecule has 2 aromatic heterocycles. The monoisotopic (exact) mass is 256 g/mol. The van der Waals surface area contributed by atoms with Gasteiger partial charge in [0.15, 0.2) is 0 Å². The van der Waals surface area contributed by atoms with Crippen LogP contribution in [0.25, 0.3) is 11.0 Å². The summed E-state index contributed by atoms with van der Waals surface area (Å²) in [5, 5.41) is 4.50. The summed E-state index contributed by atoms with van der Waals surface area (Å²) in [4.78, 5) is 11.6. The Bertz CT molecular complexity index is 570. The minimum Gasteiger partial charge on any atom is -0.369 e. The molecule has 3 rings (SSSR count). The van der Waals surface area contributed by atoms with Gasteiger partial charge in [-0.05, 0) is 38.2 Å². The van der Waals surface area contributed by atoms with Gasteiger partial charge in [0.05, 0.1) is 5.39 Å². The molecule has 19 heavy (non-hydrogen) atoms. The Balaban J connectivity index is 1.60. The lowest BCUT2D eigenvalue weighted by Gasteiger charge is -2.08. The number of aromatic nitrogens is 3. The molecule has 0 spiro atoms. The normalized spacial score (nSPS) is 16.1. The average Bonchev–Trinajstić information content (AvgIpc) is 2.77. The third kappa shape index (κ3) is 2.95. The highest BCUT2D eigenvalue weighted by Gasteiger charge is 2.05. The van der Waals surface area contributed by atoms with E-state index in [-0.39, 0.29) is 0 Å². The molecule has 2 N–H and O–H groups in total. The van der Waals surface area contributed by atoms with Crippen LogP contribution in [0.15, 0.2) is 30.2 Å². The van der Waals surface area contributed by atoms with Crippen LogP contribution >= 0.6 is 0 Å². The SMILES string of the molecule is C1=C(CCNc2ncnc3[nH]ccc23)CCCCC1. The van der Waals surface area contributed by atoms with Crippen LogP contribution in [0.1, 0.15) is 38.5 Å². The highest BCUT2D eigenvalue weighted by molar-refractivity contribution is 5.86. The molecule has 0 radical (unpaired) electrons. The molecular weight excluding hydrogens is 236 g/mol. The van der Waals surface area contributed by atoms with Crippen molar-refractivity contribution in [3.8, 4) is 0 Å². The maximum absolute atomic E-state index is 4.32. The Labute approximate surface area is 113 Å². The van der Waals surface area contributed by atoms with Crippen LogP contribution in [0.4, 0.5) is 5.82 Å². The van der Waals surface area contributed by atoms with Gasteiger partial charge in [-0.15, -0.1) is 0 Å². The zero-order valence-electron chi connectivity index (χ0n) is 11.2. The van der Waals surface area contributed by atoms with E-state index in [2.05, 4.69) is 26.3 Å². The summed E-state index contributed by atoms with van der Waals surface area (Å²) in [6.07, 6.45) is 13.7. The van der Waals surface area contributed by atoms with E-state index >= 15 is 0 Å². The van der Waals surface area contributed by atoms with E-state index in [9.17, 15) is 0 Å². The molecule has 2 heterocycles. The fraction of sp³-hybridized carbons (Fsp3) is 0.467. The van der Waals surface area contributed by atoms with Gasteiger partial charge in [0.25, 0.3) is 0 Å². The average molecular weight is 256 g/mol. The predicted octanol–water partition coefficient (Wildman–Crippen LogP) is 3.65. The fourth-order valence-corrected chi connectivity index (χ4v) is 2.66. The van der Waals surface area contributed by atoms with E-state index in [4.69, 9.17) is 0 Å². The first kappa shape index (κ1) is 12.2. The third-order valence-electron chi connectivity index (χ3n) is 3.73. The van der Waals surface area contributed by atoms with Crippen LogP contribution < -0.4 is 5.32 Å². The number of nitrogens with zero attached hydrogens (tertiary/aromatic N) is 2. The van der Waals surface area contributed by atoms with Crippen molar-refractivity contribution in [2.45, 2.75) is 38.5 Å². The second-order valence-electron chi connectivity index (χ2n) is 5.10. The second-order valence-corrected chi connectivity index (χ2v) is 5.10. The number of nitrogens with one attached hydrogen (secondary N) is 2. The molecule has 0 bridgehead atoms. The molecule has 0 saturated carbocycles. The van der Waals surface area contributed by atoms with Crippen LogP contribution in [-0.4, -0.2) is 21.5 Å². The molecule has 0 unspecified atom stereocenters. The third-order valence-corrected chi connectivity index (χ3v) is 3.73. The van der Waals surface area contributed by atoms with E-state index in [1.165, 1.54) is 32.1 Å². The molecule has 0 aliphatic heterocycles. The second kappa shape index (κ2) is 5.87. The van der Waals surface area contributed by atoms with E-state index in [0.717, 1.165) is 29.8 Å². The maximum Gasteiger partial charge on any atom is 0.142 e. The van der Waals surface area contributed by atoms with Gasteiger partial charge < -0.3 is 10.3 Å². The van der Waals surface area contributed by atoms with Crippen LogP contribution in [-0.2, 0) is 0 Å². The van der Waals surface area contributed by atoms with Gasteiger partial charge in [0.1, 0.15) is 17.8 Å². The lowest BCUT2D eigenvalue weighted by atomic mass is 10.1. The largest absolute Gasteiger partial charge is 0.369 e. The summed E-state index contributed by atoms with van der Waals surface area (Å²) in [6.45, 7) is 0.948. The summed E-state index contributed by atoms with van der Waals surface area (Å²) < 4.78 is 0. The quantitative estimate of drug-likeness (QED) is 0.821. The van der Waals surface area contributed by atoms with Gasteiger partial charge >= 0.3 is 0 Å². The molecule has 1 aliphatic rings. The summed E-state index contributed by atoms with van der Waals surface area (Å²) >= 11 is 0. The van der Waals surface area contributed by atoms with Crippen LogP contribution in [0.3, 0.4) is 0 Å². The molecule has 2 aromatic rings. The van der Waals surface area contributed by atoms with Crippen molar-refractivity contribution < 1.29 is 0 Å². The van der Waals surface area contributed by atoms with Crippen molar-refractivity contribution in [2.24, 2.45) is 0 Å². The van der Waals surface area contributed by atoms with Gasteiger partial charge in [-0.1, -0.05) is 18.1 Å². The highest BCUT2D eigenvalue weighted by Crippen LogP contribution is 2.21. The molecule has 100 valence electrons. The number of allylic oxidation sites excluding steroid dienone is 1. The highest BCUT2D eigenvalue weighted by atomic mass is 15.0. The number of hydrogen-bond acceptors (Lipinski definition) is 3. The first-order valence-corrected chi connectivity index (χ1v) is 7.13. The minimum atomic E-state index is 0.895. The number of aromatic amines is 1. The fourth-order valence-electron chi connectivity index (χ4n) is 2.66. The van der Waals surface area contributed by atoms with Crippen molar-refractivity contribution in [3.05, 3.63) is 30.2 Å². The van der Waals surface area contributed by atoms with Crippen molar-refractivity contribution in [3.63, 3.8) is 0 Å². The van der Waals surface area contributed by atoms with E-state index in [1.807, 2.05) is 12.3 Å². The van der Waals surface area contributed by atoms with E-state index in [0.29, 0.717) is 0 Å². The summed E-state index contributed by atoms with van der Waals surface area (Å²) in [7, 11) is 0. The Morgan fingerprint density at radius 1 is 1.21 bits per heavy atom. The van der Waals surface area contributed by atoms with Gasteiger partial charge in [-0.2, -0.15) is 0 Å². The maximum atomic E-state index is 4.32. The zero-order chi connectivity index (χ0) is 12.9. The molecule has 0 atom stereocenters. The molecule has 4 nitrogen and oxygen atoms in total. The van der Waals surface area contributed by atoms with Gasteiger partial charge in [0.2, 0.25) is 0 Å². The van der Waals surface area contributed by atoms with Crippen LogP contribution in [0.2, 0.25) is 0 Å². The molecule has 0 fully saturated rings. The smallest absolute Gasteiger partial charge is 0.142 e. The first-order valence-electron chi connectivity index (χ1n) is 7.13. The molecule has 0 amide bonds. The topological polar surface area (TPSA) is 53.6 Å². The molecule has 1 aliphatic carbocycles. The zero-order valence-corrected chi connectivity index (χ0v) is 11.2.